The summed E-state index contributed by atoms with van der Waals surface area (Å²) in [4.78, 5) is 14.2. The van der Waals surface area contributed by atoms with E-state index in [1.807, 2.05) is 6.92 Å². The number of thiophene rings is 1. The van der Waals surface area contributed by atoms with Crippen LogP contribution in [0.15, 0.2) is 12.1 Å². The lowest BCUT2D eigenvalue weighted by atomic mass is 10.2. The molecule has 0 saturated heterocycles. The van der Waals surface area contributed by atoms with Crippen molar-refractivity contribution in [3.63, 3.8) is 0 Å². The quantitative estimate of drug-likeness (QED) is 0.916. The number of aromatic nitrogens is 2. The van der Waals surface area contributed by atoms with E-state index in [1.54, 1.807) is 11.3 Å². The van der Waals surface area contributed by atoms with Gasteiger partial charge in [0.1, 0.15) is 5.01 Å². The maximum atomic E-state index is 11.7. The second-order valence-corrected chi connectivity index (χ2v) is 6.35. The van der Waals surface area contributed by atoms with Gasteiger partial charge in [-0.2, -0.15) is 0 Å². The summed E-state index contributed by atoms with van der Waals surface area (Å²) in [5, 5.41) is 12.2. The fourth-order valence-electron chi connectivity index (χ4n) is 1.48. The molecule has 6 heteroatoms. The minimum Gasteiger partial charge on any atom is -0.301 e. The minimum absolute atomic E-state index is 0.000133. The number of carbonyl (C=O) groups excluding carboxylic acids is 1. The van der Waals surface area contributed by atoms with Gasteiger partial charge in [-0.15, -0.1) is 21.5 Å². The molecule has 0 saturated carbocycles. The molecule has 0 unspecified atom stereocenters. The summed E-state index contributed by atoms with van der Waals surface area (Å²) in [6.45, 7) is 4.09. The van der Waals surface area contributed by atoms with Gasteiger partial charge in [-0.1, -0.05) is 18.3 Å². The van der Waals surface area contributed by atoms with Crippen molar-refractivity contribution in [3.05, 3.63) is 26.9 Å². The van der Waals surface area contributed by atoms with Gasteiger partial charge in [0, 0.05) is 16.2 Å². The van der Waals surface area contributed by atoms with E-state index in [0.29, 0.717) is 11.6 Å². The van der Waals surface area contributed by atoms with Crippen LogP contribution in [-0.4, -0.2) is 16.1 Å². The van der Waals surface area contributed by atoms with Crippen molar-refractivity contribution >= 4 is 33.7 Å². The number of carbonyl (C=O) groups is 1. The number of hydrogen-bond donors (Lipinski definition) is 1. The smallest absolute Gasteiger partial charge is 0.226 e. The highest BCUT2D eigenvalue weighted by Crippen LogP contribution is 2.18. The van der Waals surface area contributed by atoms with Crippen molar-refractivity contribution in [1.29, 1.82) is 0 Å². The molecule has 0 spiro atoms. The molecule has 0 fully saturated rings. The van der Waals surface area contributed by atoms with Gasteiger partial charge in [-0.3, -0.25) is 4.79 Å². The van der Waals surface area contributed by atoms with Gasteiger partial charge >= 0.3 is 0 Å². The maximum absolute atomic E-state index is 11.7. The summed E-state index contributed by atoms with van der Waals surface area (Å²) in [7, 11) is 0. The van der Waals surface area contributed by atoms with E-state index in [-0.39, 0.29) is 5.91 Å². The highest BCUT2D eigenvalue weighted by molar-refractivity contribution is 7.15. The van der Waals surface area contributed by atoms with E-state index >= 15 is 0 Å². The van der Waals surface area contributed by atoms with Crippen LogP contribution in [0.3, 0.4) is 0 Å². The van der Waals surface area contributed by atoms with E-state index in [2.05, 4.69) is 34.6 Å². The summed E-state index contributed by atoms with van der Waals surface area (Å²) in [5.74, 6) is -0.000133. The average Bonchev–Trinajstić information content (AvgIpc) is 2.95. The molecule has 4 nitrogen and oxygen atoms in total. The molecule has 2 aromatic rings. The number of amides is 1. The molecule has 0 aromatic carbocycles. The Hall–Kier alpha value is -1.27. The standard InChI is InChI=1S/C12H15N3OS2/c1-3-11-14-15-12(18-11)13-10(16)7-6-9-5-4-8(2)17-9/h4-5H,3,6-7H2,1-2H3,(H,13,15,16). The molecule has 2 heterocycles. The van der Waals surface area contributed by atoms with Crippen LogP contribution in [0, 0.1) is 6.92 Å². The lowest BCUT2D eigenvalue weighted by Crippen LogP contribution is -2.11. The summed E-state index contributed by atoms with van der Waals surface area (Å²) >= 11 is 3.17. The molecule has 0 bridgehead atoms. The van der Waals surface area contributed by atoms with Gasteiger partial charge in [0.25, 0.3) is 0 Å². The van der Waals surface area contributed by atoms with E-state index in [9.17, 15) is 4.79 Å². The Morgan fingerprint density at radius 2 is 2.17 bits per heavy atom. The molecule has 0 atom stereocenters. The second-order valence-electron chi connectivity index (χ2n) is 3.92. The molecular formula is C12H15N3OS2. The van der Waals surface area contributed by atoms with Crippen molar-refractivity contribution in [2.24, 2.45) is 0 Å². The molecule has 0 radical (unpaired) electrons. The topological polar surface area (TPSA) is 54.9 Å². The lowest BCUT2D eigenvalue weighted by Gasteiger charge is -1.99. The number of aryl methyl sites for hydroxylation is 3. The van der Waals surface area contributed by atoms with E-state index in [4.69, 9.17) is 0 Å². The molecule has 18 heavy (non-hydrogen) atoms. The van der Waals surface area contributed by atoms with Crippen LogP contribution in [-0.2, 0) is 17.6 Å². The first-order chi connectivity index (χ1) is 8.67. The van der Waals surface area contributed by atoms with Crippen LogP contribution in [0.5, 0.6) is 0 Å². The van der Waals surface area contributed by atoms with Crippen LogP contribution in [0.25, 0.3) is 0 Å². The van der Waals surface area contributed by atoms with Crippen LogP contribution < -0.4 is 5.32 Å². The Morgan fingerprint density at radius 3 is 2.78 bits per heavy atom. The summed E-state index contributed by atoms with van der Waals surface area (Å²) in [5.41, 5.74) is 0. The van der Waals surface area contributed by atoms with Crippen LogP contribution >= 0.6 is 22.7 Å². The zero-order chi connectivity index (χ0) is 13.0. The highest BCUT2D eigenvalue weighted by atomic mass is 32.1. The minimum atomic E-state index is -0.000133. The zero-order valence-electron chi connectivity index (χ0n) is 10.4. The van der Waals surface area contributed by atoms with Crippen LogP contribution in [0.2, 0.25) is 0 Å². The Balaban J connectivity index is 1.81. The third kappa shape index (κ3) is 3.61. The molecule has 2 rings (SSSR count). The summed E-state index contributed by atoms with van der Waals surface area (Å²) in [6.07, 6.45) is 2.12. The number of anilines is 1. The Morgan fingerprint density at radius 1 is 1.33 bits per heavy atom. The van der Waals surface area contributed by atoms with Gasteiger partial charge in [-0.05, 0) is 31.9 Å². The molecule has 0 aliphatic heterocycles. The average molecular weight is 281 g/mol. The fourth-order valence-corrected chi connectivity index (χ4v) is 3.07. The van der Waals surface area contributed by atoms with E-state index < -0.39 is 0 Å². The van der Waals surface area contributed by atoms with Gasteiger partial charge in [-0.25, -0.2) is 0 Å². The molecule has 0 aliphatic rings. The van der Waals surface area contributed by atoms with E-state index in [1.165, 1.54) is 21.1 Å². The SMILES string of the molecule is CCc1nnc(NC(=O)CCc2ccc(C)s2)s1. The van der Waals surface area contributed by atoms with Crippen molar-refractivity contribution in [1.82, 2.24) is 10.2 Å². The number of nitrogens with one attached hydrogen (secondary N) is 1. The molecule has 0 aliphatic carbocycles. The number of nitrogens with zero attached hydrogens (tertiary/aromatic N) is 2. The first-order valence-electron chi connectivity index (χ1n) is 5.85. The van der Waals surface area contributed by atoms with Gasteiger partial charge in [0.15, 0.2) is 0 Å². The molecule has 1 amide bonds. The number of rotatable bonds is 5. The number of hydrogen-bond acceptors (Lipinski definition) is 5. The predicted molar refractivity (Wildman–Crippen MR) is 75.3 cm³/mol. The van der Waals surface area contributed by atoms with Gasteiger partial charge in [0.2, 0.25) is 11.0 Å². The summed E-state index contributed by atoms with van der Waals surface area (Å²) in [6, 6.07) is 4.16. The van der Waals surface area contributed by atoms with Crippen LogP contribution in [0.1, 0.15) is 28.1 Å². The lowest BCUT2D eigenvalue weighted by molar-refractivity contribution is -0.116. The largest absolute Gasteiger partial charge is 0.301 e. The molecule has 2 aromatic heterocycles. The monoisotopic (exact) mass is 281 g/mol. The van der Waals surface area contributed by atoms with Gasteiger partial charge < -0.3 is 5.32 Å². The Labute approximate surface area is 114 Å². The highest BCUT2D eigenvalue weighted by Gasteiger charge is 2.08. The van der Waals surface area contributed by atoms with E-state index in [0.717, 1.165) is 17.8 Å². The zero-order valence-corrected chi connectivity index (χ0v) is 12.0. The van der Waals surface area contributed by atoms with Crippen molar-refractivity contribution < 1.29 is 4.79 Å². The molecule has 1 N–H and O–H groups in total. The van der Waals surface area contributed by atoms with Gasteiger partial charge in [0.05, 0.1) is 0 Å². The normalized spacial score (nSPS) is 10.6. The molecule has 96 valence electrons. The second kappa shape index (κ2) is 6.06. The first-order valence-corrected chi connectivity index (χ1v) is 7.48. The predicted octanol–water partition coefficient (Wildman–Crippen LogP) is 3.04. The van der Waals surface area contributed by atoms with Crippen molar-refractivity contribution in [2.45, 2.75) is 33.1 Å². The molecular weight excluding hydrogens is 266 g/mol. The van der Waals surface area contributed by atoms with Crippen molar-refractivity contribution in [2.75, 3.05) is 5.32 Å². The third-order valence-corrected chi connectivity index (χ3v) is 4.45. The van der Waals surface area contributed by atoms with Crippen molar-refractivity contribution in [3.8, 4) is 0 Å². The Bertz CT molecular complexity index is 533. The van der Waals surface area contributed by atoms with Crippen LogP contribution in [0.4, 0.5) is 5.13 Å². The fraction of sp³-hybridized carbons (Fsp3) is 0.417. The maximum Gasteiger partial charge on any atom is 0.226 e. The third-order valence-electron chi connectivity index (χ3n) is 2.41. The Kier molecular flexibility index (Phi) is 4.43. The summed E-state index contributed by atoms with van der Waals surface area (Å²) < 4.78 is 0. The first kappa shape index (κ1) is 13.2.